The number of nitrogens with two attached hydrogens (primary N) is 1. The fourth-order valence-electron chi connectivity index (χ4n) is 2.82. The summed E-state index contributed by atoms with van der Waals surface area (Å²) < 4.78 is 9.78. The number of hydrogen-bond acceptors (Lipinski definition) is 4. The lowest BCUT2D eigenvalue weighted by molar-refractivity contribution is 0.1000. The van der Waals surface area contributed by atoms with Gasteiger partial charge in [0.25, 0.3) is 0 Å². The Hall–Kier alpha value is -3.61. The summed E-state index contributed by atoms with van der Waals surface area (Å²) in [6.07, 6.45) is 7.30. The van der Waals surface area contributed by atoms with Gasteiger partial charge in [0.2, 0.25) is 5.91 Å². The maximum Gasteiger partial charge on any atom is 0.248 e. The molecule has 1 aromatic carbocycles. The second kappa shape index (κ2) is 6.03. The Labute approximate surface area is 149 Å². The number of rotatable bonds is 4. The van der Waals surface area contributed by atoms with E-state index >= 15 is 0 Å². The van der Waals surface area contributed by atoms with E-state index in [1.807, 2.05) is 43.1 Å². The second-order valence-electron chi connectivity index (χ2n) is 6.13. The van der Waals surface area contributed by atoms with Crippen molar-refractivity contribution in [1.82, 2.24) is 19.2 Å². The van der Waals surface area contributed by atoms with Gasteiger partial charge in [-0.25, -0.2) is 9.50 Å². The predicted molar refractivity (Wildman–Crippen MR) is 97.2 cm³/mol. The number of benzene rings is 1. The van der Waals surface area contributed by atoms with Crippen molar-refractivity contribution in [2.45, 2.75) is 6.92 Å². The average molecular weight is 347 g/mol. The standard InChI is InChI=1S/C19H17N5O2/c1-12-7-13(19(20)25)3-4-17(12)26-18-8-14(15-10-23(2)11-21-15)9-24-16(18)5-6-22-24/h3-11H,1-2H3,(H2,20,25). The normalized spacial score (nSPS) is 11.0. The number of carbonyl (C=O) groups is 1. The van der Waals surface area contributed by atoms with E-state index < -0.39 is 5.91 Å². The fraction of sp³-hybridized carbons (Fsp3) is 0.105. The third kappa shape index (κ3) is 2.79. The van der Waals surface area contributed by atoms with Gasteiger partial charge in [-0.1, -0.05) is 0 Å². The molecule has 0 saturated carbocycles. The molecule has 0 unspecified atom stereocenters. The summed E-state index contributed by atoms with van der Waals surface area (Å²) in [7, 11) is 1.92. The fourth-order valence-corrected chi connectivity index (χ4v) is 2.82. The zero-order chi connectivity index (χ0) is 18.3. The van der Waals surface area contributed by atoms with Crippen molar-refractivity contribution in [2.24, 2.45) is 12.8 Å². The van der Waals surface area contributed by atoms with Crippen LogP contribution in [0.4, 0.5) is 0 Å². The molecule has 7 nitrogen and oxygen atoms in total. The average Bonchev–Trinajstić information content (AvgIpc) is 3.25. The molecule has 4 rings (SSSR count). The van der Waals surface area contributed by atoms with Gasteiger partial charge in [0, 0.05) is 30.6 Å². The summed E-state index contributed by atoms with van der Waals surface area (Å²) in [6, 6.07) is 8.93. The second-order valence-corrected chi connectivity index (χ2v) is 6.13. The monoisotopic (exact) mass is 347 g/mol. The number of ether oxygens (including phenoxy) is 1. The first-order valence-corrected chi connectivity index (χ1v) is 8.05. The Morgan fingerprint density at radius 1 is 1.15 bits per heavy atom. The minimum Gasteiger partial charge on any atom is -0.455 e. The Morgan fingerprint density at radius 2 is 2.00 bits per heavy atom. The summed E-state index contributed by atoms with van der Waals surface area (Å²) in [5.41, 5.74) is 9.16. The van der Waals surface area contributed by atoms with E-state index in [1.165, 1.54) is 0 Å². The molecule has 7 heteroatoms. The molecule has 0 spiro atoms. The van der Waals surface area contributed by atoms with Gasteiger partial charge in [-0.3, -0.25) is 4.79 Å². The minimum absolute atomic E-state index is 0.451. The Morgan fingerprint density at radius 3 is 2.69 bits per heavy atom. The molecule has 26 heavy (non-hydrogen) atoms. The molecule has 2 N–H and O–H groups in total. The molecule has 3 aromatic heterocycles. The van der Waals surface area contributed by atoms with Crippen molar-refractivity contribution in [3.05, 3.63) is 66.4 Å². The number of amides is 1. The van der Waals surface area contributed by atoms with Crippen molar-refractivity contribution in [3.8, 4) is 22.8 Å². The van der Waals surface area contributed by atoms with E-state index in [1.54, 1.807) is 35.2 Å². The van der Waals surface area contributed by atoms with Gasteiger partial charge in [0.05, 0.1) is 18.2 Å². The van der Waals surface area contributed by atoms with Gasteiger partial charge < -0.3 is 15.0 Å². The summed E-state index contributed by atoms with van der Waals surface area (Å²) >= 11 is 0. The first-order valence-electron chi connectivity index (χ1n) is 8.05. The molecule has 0 aliphatic carbocycles. The van der Waals surface area contributed by atoms with Crippen LogP contribution in [0, 0.1) is 6.92 Å². The molecule has 0 fully saturated rings. The van der Waals surface area contributed by atoms with Crippen LogP contribution < -0.4 is 10.5 Å². The van der Waals surface area contributed by atoms with Gasteiger partial charge in [-0.15, -0.1) is 0 Å². The first kappa shape index (κ1) is 15.9. The number of primary amides is 1. The molecule has 0 aliphatic heterocycles. The highest BCUT2D eigenvalue weighted by atomic mass is 16.5. The van der Waals surface area contributed by atoms with Crippen molar-refractivity contribution in [1.29, 1.82) is 0 Å². The van der Waals surface area contributed by atoms with Crippen LogP contribution in [-0.4, -0.2) is 25.1 Å². The van der Waals surface area contributed by atoms with Crippen molar-refractivity contribution in [3.63, 3.8) is 0 Å². The predicted octanol–water partition coefficient (Wildman–Crippen LogP) is 2.93. The van der Waals surface area contributed by atoms with E-state index in [-0.39, 0.29) is 0 Å². The van der Waals surface area contributed by atoms with Crippen molar-refractivity contribution < 1.29 is 9.53 Å². The highest BCUT2D eigenvalue weighted by molar-refractivity contribution is 5.93. The third-order valence-electron chi connectivity index (χ3n) is 4.15. The smallest absolute Gasteiger partial charge is 0.248 e. The number of fused-ring (bicyclic) bond motifs is 1. The molecule has 0 aliphatic rings. The van der Waals surface area contributed by atoms with Crippen LogP contribution in [0.15, 0.2) is 55.2 Å². The Balaban J connectivity index is 1.78. The van der Waals surface area contributed by atoms with E-state index in [4.69, 9.17) is 10.5 Å². The van der Waals surface area contributed by atoms with E-state index in [0.717, 1.165) is 22.3 Å². The molecule has 4 aromatic rings. The summed E-state index contributed by atoms with van der Waals surface area (Å²) in [6.45, 7) is 1.87. The molecule has 3 heterocycles. The number of imidazole rings is 1. The Bertz CT molecular complexity index is 1130. The van der Waals surface area contributed by atoms with Crippen LogP contribution in [-0.2, 0) is 7.05 Å². The van der Waals surface area contributed by atoms with Crippen molar-refractivity contribution >= 4 is 11.4 Å². The molecular weight excluding hydrogens is 330 g/mol. The number of hydrogen-bond donors (Lipinski definition) is 1. The zero-order valence-corrected chi connectivity index (χ0v) is 14.4. The lowest BCUT2D eigenvalue weighted by Gasteiger charge is -2.12. The molecule has 0 bridgehead atoms. The van der Waals surface area contributed by atoms with Crippen LogP contribution in [0.25, 0.3) is 16.8 Å². The third-order valence-corrected chi connectivity index (χ3v) is 4.15. The molecule has 130 valence electrons. The minimum atomic E-state index is -0.463. The first-order chi connectivity index (χ1) is 12.5. The molecule has 0 atom stereocenters. The van der Waals surface area contributed by atoms with Crippen LogP contribution in [0.2, 0.25) is 0 Å². The number of pyridine rings is 1. The molecule has 0 radical (unpaired) electrons. The Kier molecular flexibility index (Phi) is 3.69. The summed E-state index contributed by atoms with van der Waals surface area (Å²) in [4.78, 5) is 15.7. The quantitative estimate of drug-likeness (QED) is 0.615. The van der Waals surface area contributed by atoms with E-state index in [2.05, 4.69) is 10.1 Å². The van der Waals surface area contributed by atoms with Gasteiger partial charge in [-0.05, 0) is 42.8 Å². The van der Waals surface area contributed by atoms with Gasteiger partial charge in [0.15, 0.2) is 5.75 Å². The number of aromatic nitrogens is 4. The van der Waals surface area contributed by atoms with E-state index in [0.29, 0.717) is 17.1 Å². The van der Waals surface area contributed by atoms with E-state index in [9.17, 15) is 4.79 Å². The van der Waals surface area contributed by atoms with Gasteiger partial charge in [0.1, 0.15) is 11.3 Å². The number of carbonyl (C=O) groups excluding carboxylic acids is 1. The lowest BCUT2D eigenvalue weighted by atomic mass is 10.1. The number of aryl methyl sites for hydroxylation is 2. The van der Waals surface area contributed by atoms with Crippen LogP contribution in [0.1, 0.15) is 15.9 Å². The van der Waals surface area contributed by atoms with Crippen LogP contribution >= 0.6 is 0 Å². The summed E-state index contributed by atoms with van der Waals surface area (Å²) in [5.74, 6) is 0.840. The van der Waals surface area contributed by atoms with Crippen LogP contribution in [0.3, 0.4) is 0 Å². The maximum absolute atomic E-state index is 11.3. The SMILES string of the molecule is Cc1cc(C(N)=O)ccc1Oc1cc(-c2cn(C)cn2)cn2nccc12. The van der Waals surface area contributed by atoms with Gasteiger partial charge in [-0.2, -0.15) is 5.10 Å². The topological polar surface area (TPSA) is 87.4 Å². The molecular formula is C19H17N5O2. The maximum atomic E-state index is 11.3. The largest absolute Gasteiger partial charge is 0.455 e. The number of nitrogens with zero attached hydrogens (tertiary/aromatic N) is 4. The van der Waals surface area contributed by atoms with Crippen LogP contribution in [0.5, 0.6) is 11.5 Å². The molecule has 1 amide bonds. The van der Waals surface area contributed by atoms with Gasteiger partial charge >= 0.3 is 0 Å². The zero-order valence-electron chi connectivity index (χ0n) is 14.4. The molecule has 0 saturated heterocycles. The highest BCUT2D eigenvalue weighted by Gasteiger charge is 2.12. The summed E-state index contributed by atoms with van der Waals surface area (Å²) in [5, 5.41) is 4.31. The lowest BCUT2D eigenvalue weighted by Crippen LogP contribution is -2.10. The highest BCUT2D eigenvalue weighted by Crippen LogP contribution is 2.32. The van der Waals surface area contributed by atoms with Crippen molar-refractivity contribution in [2.75, 3.05) is 0 Å².